The highest BCUT2D eigenvalue weighted by molar-refractivity contribution is 5.97. The molecular weight excluding hydrogens is 294 g/mol. The van der Waals surface area contributed by atoms with Crippen LogP contribution in [0.5, 0.6) is 0 Å². The number of anilines is 1. The first-order valence-electron chi connectivity index (χ1n) is 8.00. The summed E-state index contributed by atoms with van der Waals surface area (Å²) in [4.78, 5) is 0. The van der Waals surface area contributed by atoms with E-state index in [0.717, 1.165) is 34.1 Å². The van der Waals surface area contributed by atoms with Crippen LogP contribution in [0.1, 0.15) is 18.0 Å². The number of hydrogen-bond donors (Lipinski definition) is 1. The normalized spacial score (nSPS) is 16.4. The monoisotopic (exact) mass is 311 g/mol. The summed E-state index contributed by atoms with van der Waals surface area (Å²) in [6.07, 6.45) is 11.7. The van der Waals surface area contributed by atoms with Crippen LogP contribution < -0.4 is 5.73 Å². The van der Waals surface area contributed by atoms with E-state index in [9.17, 15) is 5.26 Å². The van der Waals surface area contributed by atoms with Gasteiger partial charge in [0.25, 0.3) is 0 Å². The molecule has 1 atom stereocenters. The smallest absolute Gasteiger partial charge is 0.0991 e. The first-order chi connectivity index (χ1) is 11.8. The Labute approximate surface area is 140 Å². The van der Waals surface area contributed by atoms with Crippen LogP contribution in [0.3, 0.4) is 0 Å². The summed E-state index contributed by atoms with van der Waals surface area (Å²) in [5, 5.41) is 10.3. The van der Waals surface area contributed by atoms with Crippen molar-refractivity contribution in [3.63, 3.8) is 0 Å². The summed E-state index contributed by atoms with van der Waals surface area (Å²) < 4.78 is 2.29. The molecule has 2 N–H and O–H groups in total. The average Bonchev–Trinajstić information content (AvgIpc) is 3.01. The number of nitriles is 1. The summed E-state index contributed by atoms with van der Waals surface area (Å²) >= 11 is 0. The van der Waals surface area contributed by atoms with Crippen molar-refractivity contribution >= 4 is 16.6 Å². The fourth-order valence-electron chi connectivity index (χ4n) is 3.31. The Kier molecular flexibility index (Phi) is 3.44. The van der Waals surface area contributed by atoms with E-state index in [2.05, 4.69) is 47.2 Å². The van der Waals surface area contributed by atoms with E-state index in [1.54, 1.807) is 0 Å². The Bertz CT molecular complexity index is 1020. The molecule has 1 heterocycles. The van der Waals surface area contributed by atoms with Gasteiger partial charge in [0.05, 0.1) is 17.7 Å². The molecule has 0 saturated heterocycles. The third kappa shape index (κ3) is 2.39. The van der Waals surface area contributed by atoms with E-state index in [1.165, 1.54) is 0 Å². The van der Waals surface area contributed by atoms with Crippen LogP contribution in [0.25, 0.3) is 22.0 Å². The van der Waals surface area contributed by atoms with E-state index < -0.39 is 0 Å². The van der Waals surface area contributed by atoms with Crippen molar-refractivity contribution in [3.8, 4) is 17.2 Å². The molecule has 0 aliphatic heterocycles. The fourth-order valence-corrected chi connectivity index (χ4v) is 3.31. The molecular formula is C21H17N3. The number of nitrogens with two attached hydrogens (primary N) is 1. The fraction of sp³-hybridized carbons (Fsp3) is 0.0952. The van der Waals surface area contributed by atoms with Gasteiger partial charge in [0.2, 0.25) is 0 Å². The summed E-state index contributed by atoms with van der Waals surface area (Å²) in [6, 6.07) is 16.3. The third-order valence-corrected chi connectivity index (χ3v) is 4.48. The van der Waals surface area contributed by atoms with Gasteiger partial charge in [-0.05, 0) is 42.3 Å². The summed E-state index contributed by atoms with van der Waals surface area (Å²) in [6.45, 7) is 0. The molecule has 1 aromatic heterocycles. The molecule has 1 unspecified atom stereocenters. The van der Waals surface area contributed by atoms with Crippen molar-refractivity contribution in [1.29, 1.82) is 5.26 Å². The maximum atomic E-state index is 9.26. The zero-order valence-corrected chi connectivity index (χ0v) is 13.2. The van der Waals surface area contributed by atoms with Gasteiger partial charge in [-0.25, -0.2) is 0 Å². The van der Waals surface area contributed by atoms with Crippen LogP contribution in [-0.4, -0.2) is 4.57 Å². The minimum atomic E-state index is 0.292. The molecule has 4 rings (SSSR count). The van der Waals surface area contributed by atoms with Crippen molar-refractivity contribution in [1.82, 2.24) is 4.57 Å². The average molecular weight is 311 g/mol. The lowest BCUT2D eigenvalue weighted by Crippen LogP contribution is -2.05. The molecule has 3 nitrogen and oxygen atoms in total. The van der Waals surface area contributed by atoms with E-state index in [0.29, 0.717) is 11.6 Å². The van der Waals surface area contributed by atoms with Crippen LogP contribution in [0.2, 0.25) is 0 Å². The minimum Gasteiger partial charge on any atom is -0.399 e. The molecule has 0 amide bonds. The van der Waals surface area contributed by atoms with Crippen LogP contribution in [0.15, 0.2) is 73.0 Å². The van der Waals surface area contributed by atoms with Gasteiger partial charge in [0, 0.05) is 28.4 Å². The number of nitrogen functional groups attached to an aromatic ring is 1. The zero-order chi connectivity index (χ0) is 16.5. The van der Waals surface area contributed by atoms with Gasteiger partial charge in [-0.1, -0.05) is 36.4 Å². The van der Waals surface area contributed by atoms with Crippen LogP contribution in [0.4, 0.5) is 5.69 Å². The Morgan fingerprint density at radius 2 is 2.04 bits per heavy atom. The van der Waals surface area contributed by atoms with Crippen molar-refractivity contribution in [2.45, 2.75) is 12.5 Å². The molecule has 0 fully saturated rings. The molecule has 0 bridgehead atoms. The lowest BCUT2D eigenvalue weighted by atomic mass is 10.0. The number of hydrogen-bond acceptors (Lipinski definition) is 2. The lowest BCUT2D eigenvalue weighted by molar-refractivity contribution is 0.630. The van der Waals surface area contributed by atoms with E-state index in [-0.39, 0.29) is 0 Å². The zero-order valence-electron chi connectivity index (χ0n) is 13.2. The lowest BCUT2D eigenvalue weighted by Gasteiger charge is -2.16. The number of rotatable bonds is 2. The predicted molar refractivity (Wildman–Crippen MR) is 98.4 cm³/mol. The van der Waals surface area contributed by atoms with Gasteiger partial charge in [0.15, 0.2) is 0 Å². The van der Waals surface area contributed by atoms with Crippen LogP contribution in [0, 0.1) is 11.3 Å². The Morgan fingerprint density at radius 3 is 2.79 bits per heavy atom. The SMILES string of the molecule is N#Cc1ccc2c(c1)c(-c1cccc(N)c1)cn2C1C=CC=CC1. The van der Waals surface area contributed by atoms with Gasteiger partial charge in [-0.15, -0.1) is 0 Å². The number of allylic oxidation sites excluding steroid dienone is 4. The van der Waals surface area contributed by atoms with Gasteiger partial charge < -0.3 is 10.3 Å². The summed E-state index contributed by atoms with van der Waals surface area (Å²) in [5.74, 6) is 0. The molecule has 1 aliphatic rings. The first-order valence-corrected chi connectivity index (χ1v) is 8.00. The molecule has 0 saturated carbocycles. The Hall–Kier alpha value is -3.25. The molecule has 0 radical (unpaired) electrons. The molecule has 1 aliphatic carbocycles. The second-order valence-corrected chi connectivity index (χ2v) is 6.04. The van der Waals surface area contributed by atoms with Gasteiger partial charge >= 0.3 is 0 Å². The van der Waals surface area contributed by atoms with Crippen molar-refractivity contribution in [3.05, 3.63) is 78.5 Å². The maximum absolute atomic E-state index is 9.26. The van der Waals surface area contributed by atoms with Crippen molar-refractivity contribution in [2.75, 3.05) is 5.73 Å². The second kappa shape index (κ2) is 5.75. The summed E-state index contributed by atoms with van der Waals surface area (Å²) in [7, 11) is 0. The molecule has 2 aromatic carbocycles. The number of aromatic nitrogens is 1. The number of benzene rings is 2. The van der Waals surface area contributed by atoms with E-state index in [4.69, 9.17) is 5.73 Å². The minimum absolute atomic E-state index is 0.292. The summed E-state index contributed by atoms with van der Waals surface area (Å²) in [5.41, 5.74) is 10.7. The highest BCUT2D eigenvalue weighted by atomic mass is 15.0. The largest absolute Gasteiger partial charge is 0.399 e. The number of nitrogens with zero attached hydrogens (tertiary/aromatic N) is 2. The van der Waals surface area contributed by atoms with Crippen molar-refractivity contribution < 1.29 is 0 Å². The first kappa shape index (κ1) is 14.3. The topological polar surface area (TPSA) is 54.7 Å². The standard InChI is InChI=1S/C21H17N3/c22-13-15-9-10-21-19(11-15)20(16-5-4-6-17(23)12-16)14-24(21)18-7-2-1-3-8-18/h1-7,9-12,14,18H,8,23H2. The van der Waals surface area contributed by atoms with Crippen LogP contribution in [-0.2, 0) is 0 Å². The molecule has 3 aromatic rings. The highest BCUT2D eigenvalue weighted by Crippen LogP contribution is 2.35. The second-order valence-electron chi connectivity index (χ2n) is 6.04. The van der Waals surface area contributed by atoms with E-state index in [1.807, 2.05) is 36.4 Å². The third-order valence-electron chi connectivity index (χ3n) is 4.48. The quantitative estimate of drug-likeness (QED) is 0.690. The Balaban J connectivity index is 1.97. The predicted octanol–water partition coefficient (Wildman–Crippen LogP) is 4.82. The van der Waals surface area contributed by atoms with Gasteiger partial charge in [-0.3, -0.25) is 0 Å². The van der Waals surface area contributed by atoms with Gasteiger partial charge in [0.1, 0.15) is 0 Å². The molecule has 24 heavy (non-hydrogen) atoms. The van der Waals surface area contributed by atoms with Crippen molar-refractivity contribution in [2.24, 2.45) is 0 Å². The molecule has 0 spiro atoms. The highest BCUT2D eigenvalue weighted by Gasteiger charge is 2.16. The van der Waals surface area contributed by atoms with E-state index >= 15 is 0 Å². The Morgan fingerprint density at radius 1 is 1.12 bits per heavy atom. The number of fused-ring (bicyclic) bond motifs is 1. The molecule has 3 heteroatoms. The maximum Gasteiger partial charge on any atom is 0.0991 e. The molecule has 116 valence electrons. The van der Waals surface area contributed by atoms with Crippen LogP contribution >= 0.6 is 0 Å². The van der Waals surface area contributed by atoms with Gasteiger partial charge in [-0.2, -0.15) is 5.26 Å².